The lowest BCUT2D eigenvalue weighted by atomic mass is 9.96. The first kappa shape index (κ1) is 17.9. The van der Waals surface area contributed by atoms with Gasteiger partial charge in [-0.1, -0.05) is 13.3 Å². The fraction of sp³-hybridized carbons (Fsp3) is 0.889. The van der Waals surface area contributed by atoms with E-state index in [2.05, 4.69) is 0 Å². The van der Waals surface area contributed by atoms with Crippen molar-refractivity contribution < 1.29 is 18.0 Å². The molecule has 7 heteroatoms. The quantitative estimate of drug-likeness (QED) is 0.842. The van der Waals surface area contributed by atoms with Gasteiger partial charge in [-0.3, -0.25) is 4.79 Å². The average molecular weight is 263 g/mol. The molecular formula is C9H18ClF3N2O. The van der Waals surface area contributed by atoms with Crippen molar-refractivity contribution in [2.24, 2.45) is 5.73 Å². The second-order valence-electron chi connectivity index (χ2n) is 3.94. The molecule has 0 aliphatic carbocycles. The van der Waals surface area contributed by atoms with Gasteiger partial charge >= 0.3 is 6.18 Å². The number of rotatable bonds is 4. The largest absolute Gasteiger partial charge is 0.406 e. The van der Waals surface area contributed by atoms with Crippen molar-refractivity contribution in [2.45, 2.75) is 38.4 Å². The summed E-state index contributed by atoms with van der Waals surface area (Å²) in [6.07, 6.45) is -3.36. The molecule has 0 aliphatic rings. The van der Waals surface area contributed by atoms with Gasteiger partial charge in [0.1, 0.15) is 6.54 Å². The van der Waals surface area contributed by atoms with E-state index in [0.717, 1.165) is 7.05 Å². The molecule has 98 valence electrons. The van der Waals surface area contributed by atoms with Gasteiger partial charge in [0, 0.05) is 7.05 Å². The van der Waals surface area contributed by atoms with Gasteiger partial charge in [-0.05, 0) is 13.3 Å². The molecule has 16 heavy (non-hydrogen) atoms. The summed E-state index contributed by atoms with van der Waals surface area (Å²) in [4.78, 5) is 12.2. The number of hydrogen-bond acceptors (Lipinski definition) is 2. The normalized spacial score (nSPS) is 14.9. The highest BCUT2D eigenvalue weighted by atomic mass is 35.5. The number of amides is 1. The van der Waals surface area contributed by atoms with Crippen molar-refractivity contribution in [1.82, 2.24) is 4.90 Å². The molecule has 3 nitrogen and oxygen atoms in total. The Bertz CT molecular complexity index is 231. The lowest BCUT2D eigenvalue weighted by molar-refractivity contribution is -0.161. The third-order valence-electron chi connectivity index (χ3n) is 2.02. The molecule has 0 bridgehead atoms. The van der Waals surface area contributed by atoms with E-state index in [9.17, 15) is 18.0 Å². The molecule has 0 spiro atoms. The van der Waals surface area contributed by atoms with Crippen LogP contribution in [0.1, 0.15) is 26.7 Å². The summed E-state index contributed by atoms with van der Waals surface area (Å²) in [5.41, 5.74) is 4.42. The Balaban J connectivity index is 0. The summed E-state index contributed by atoms with van der Waals surface area (Å²) in [6.45, 7) is 2.01. The molecule has 0 fully saturated rings. The summed E-state index contributed by atoms with van der Waals surface area (Å²) < 4.78 is 36.0. The monoisotopic (exact) mass is 262 g/mol. The van der Waals surface area contributed by atoms with Gasteiger partial charge in [-0.25, -0.2) is 0 Å². The van der Waals surface area contributed by atoms with Gasteiger partial charge < -0.3 is 10.6 Å². The molecule has 0 aliphatic heterocycles. The van der Waals surface area contributed by atoms with Crippen LogP contribution in [-0.2, 0) is 4.79 Å². The van der Waals surface area contributed by atoms with Gasteiger partial charge in [0.05, 0.1) is 5.54 Å². The smallest absolute Gasteiger partial charge is 0.335 e. The number of carbonyl (C=O) groups is 1. The molecule has 1 unspecified atom stereocenters. The summed E-state index contributed by atoms with van der Waals surface area (Å²) in [5.74, 6) is -0.679. The lowest BCUT2D eigenvalue weighted by Gasteiger charge is -2.29. The topological polar surface area (TPSA) is 46.3 Å². The van der Waals surface area contributed by atoms with Gasteiger partial charge in [-0.2, -0.15) is 13.2 Å². The van der Waals surface area contributed by atoms with Crippen molar-refractivity contribution in [3.63, 3.8) is 0 Å². The summed E-state index contributed by atoms with van der Waals surface area (Å²) in [7, 11) is 1.11. The second kappa shape index (κ2) is 6.30. The highest BCUT2D eigenvalue weighted by molar-refractivity contribution is 5.85. The van der Waals surface area contributed by atoms with Crippen LogP contribution in [0.4, 0.5) is 13.2 Å². The minimum absolute atomic E-state index is 0. The molecule has 0 heterocycles. The number of alkyl halides is 3. The Morgan fingerprint density at radius 1 is 1.38 bits per heavy atom. The van der Waals surface area contributed by atoms with Crippen LogP contribution < -0.4 is 5.73 Å². The highest BCUT2D eigenvalue weighted by Crippen LogP contribution is 2.18. The Labute approximate surface area is 99.6 Å². The minimum atomic E-state index is -4.38. The van der Waals surface area contributed by atoms with Gasteiger partial charge in [-0.15, -0.1) is 12.4 Å². The van der Waals surface area contributed by atoms with Gasteiger partial charge in [0.25, 0.3) is 0 Å². The van der Waals surface area contributed by atoms with Crippen LogP contribution in [-0.4, -0.2) is 36.1 Å². The van der Waals surface area contributed by atoms with E-state index in [0.29, 0.717) is 17.7 Å². The molecule has 0 saturated heterocycles. The van der Waals surface area contributed by atoms with Crippen LogP contribution in [0, 0.1) is 0 Å². The number of carbonyl (C=O) groups excluding carboxylic acids is 1. The standard InChI is InChI=1S/C9H17F3N2O.ClH/c1-4-5-8(2,13)7(15)14(3)6-9(10,11)12;/h4-6,13H2,1-3H3;1H. The van der Waals surface area contributed by atoms with Crippen LogP contribution in [0.3, 0.4) is 0 Å². The first-order valence-electron chi connectivity index (χ1n) is 4.71. The summed E-state index contributed by atoms with van der Waals surface area (Å²) >= 11 is 0. The Morgan fingerprint density at radius 2 is 1.81 bits per heavy atom. The Kier molecular flexibility index (Phi) is 7.04. The first-order chi connectivity index (χ1) is 6.60. The van der Waals surface area contributed by atoms with E-state index in [1.165, 1.54) is 6.92 Å². The fourth-order valence-electron chi connectivity index (χ4n) is 1.40. The molecule has 0 aromatic carbocycles. The van der Waals surface area contributed by atoms with Crippen molar-refractivity contribution in [3.05, 3.63) is 0 Å². The maximum Gasteiger partial charge on any atom is 0.406 e. The van der Waals surface area contributed by atoms with Crippen LogP contribution in [0.2, 0.25) is 0 Å². The molecule has 0 saturated carbocycles. The summed E-state index contributed by atoms with van der Waals surface area (Å²) in [5, 5.41) is 0. The zero-order chi connectivity index (χ0) is 12.3. The molecule has 0 aromatic heterocycles. The SMILES string of the molecule is CCCC(C)(N)C(=O)N(C)CC(F)(F)F.Cl. The van der Waals surface area contributed by atoms with Gasteiger partial charge in [0.15, 0.2) is 0 Å². The lowest BCUT2D eigenvalue weighted by Crippen LogP contribution is -2.53. The zero-order valence-electron chi connectivity index (χ0n) is 9.60. The van der Waals surface area contributed by atoms with Crippen LogP contribution >= 0.6 is 12.4 Å². The van der Waals surface area contributed by atoms with Gasteiger partial charge in [0.2, 0.25) is 5.91 Å². The minimum Gasteiger partial charge on any atom is -0.335 e. The molecule has 1 amide bonds. The molecule has 2 N–H and O–H groups in total. The number of likely N-dealkylation sites (N-methyl/N-ethyl adjacent to an activating group) is 1. The van der Waals surface area contributed by atoms with Crippen molar-refractivity contribution in [2.75, 3.05) is 13.6 Å². The summed E-state index contributed by atoms with van der Waals surface area (Å²) in [6, 6.07) is 0. The van der Waals surface area contributed by atoms with E-state index in [1.54, 1.807) is 0 Å². The van der Waals surface area contributed by atoms with Crippen LogP contribution in [0.15, 0.2) is 0 Å². The maximum atomic E-state index is 12.0. The number of nitrogens with zero attached hydrogens (tertiary/aromatic N) is 1. The first-order valence-corrected chi connectivity index (χ1v) is 4.71. The van der Waals surface area contributed by atoms with Crippen molar-refractivity contribution in [1.29, 1.82) is 0 Å². The predicted molar refractivity (Wildman–Crippen MR) is 58.4 cm³/mol. The van der Waals surface area contributed by atoms with Crippen molar-refractivity contribution in [3.8, 4) is 0 Å². The molecular weight excluding hydrogens is 245 g/mol. The van der Waals surface area contributed by atoms with E-state index in [-0.39, 0.29) is 12.4 Å². The number of nitrogens with two attached hydrogens (primary N) is 1. The average Bonchev–Trinajstić information content (AvgIpc) is 1.99. The second-order valence-corrected chi connectivity index (χ2v) is 3.94. The molecule has 0 rings (SSSR count). The van der Waals surface area contributed by atoms with E-state index in [1.807, 2.05) is 6.92 Å². The zero-order valence-corrected chi connectivity index (χ0v) is 10.4. The van der Waals surface area contributed by atoms with E-state index in [4.69, 9.17) is 5.73 Å². The molecule has 0 aromatic rings. The van der Waals surface area contributed by atoms with Crippen molar-refractivity contribution >= 4 is 18.3 Å². The van der Waals surface area contributed by atoms with Crippen LogP contribution in [0.5, 0.6) is 0 Å². The number of hydrogen-bond donors (Lipinski definition) is 1. The third kappa shape index (κ3) is 6.17. The highest BCUT2D eigenvalue weighted by Gasteiger charge is 2.36. The fourth-order valence-corrected chi connectivity index (χ4v) is 1.40. The Hall–Kier alpha value is -0.490. The molecule has 1 atom stereocenters. The molecule has 0 radical (unpaired) electrons. The maximum absolute atomic E-state index is 12.0. The van der Waals surface area contributed by atoms with E-state index < -0.39 is 24.2 Å². The van der Waals surface area contributed by atoms with Crippen LogP contribution in [0.25, 0.3) is 0 Å². The third-order valence-corrected chi connectivity index (χ3v) is 2.02. The Morgan fingerprint density at radius 3 is 2.12 bits per heavy atom. The number of halogens is 4. The predicted octanol–water partition coefficient (Wildman–Crippen LogP) is 1.95. The van der Waals surface area contributed by atoms with E-state index >= 15 is 0 Å².